The normalized spacial score (nSPS) is 10.6. The molecule has 0 saturated heterocycles. The Labute approximate surface area is 127 Å². The Kier molecular flexibility index (Phi) is 4.00. The highest BCUT2D eigenvalue weighted by Gasteiger charge is 2.14. The van der Waals surface area contributed by atoms with Crippen LogP contribution < -0.4 is 5.32 Å². The number of carbonyl (C=O) groups excluding carboxylic acids is 1. The second-order valence-electron chi connectivity index (χ2n) is 4.92. The van der Waals surface area contributed by atoms with E-state index in [0.717, 1.165) is 11.1 Å². The van der Waals surface area contributed by atoms with Crippen molar-refractivity contribution in [2.45, 2.75) is 13.5 Å². The van der Waals surface area contributed by atoms with Crippen molar-refractivity contribution in [3.63, 3.8) is 0 Å². The lowest BCUT2D eigenvalue weighted by Crippen LogP contribution is -2.27. The molecule has 112 valence electrons. The third-order valence-electron chi connectivity index (χ3n) is 3.34. The van der Waals surface area contributed by atoms with Gasteiger partial charge in [-0.05, 0) is 18.6 Å². The van der Waals surface area contributed by atoms with E-state index in [2.05, 4.69) is 15.6 Å². The summed E-state index contributed by atoms with van der Waals surface area (Å²) in [6.07, 6.45) is 3.55. The second-order valence-corrected chi connectivity index (χ2v) is 4.92. The van der Waals surface area contributed by atoms with E-state index in [1.54, 1.807) is 16.9 Å². The van der Waals surface area contributed by atoms with Crippen molar-refractivity contribution >= 4 is 5.91 Å². The van der Waals surface area contributed by atoms with Gasteiger partial charge >= 0.3 is 0 Å². The zero-order valence-corrected chi connectivity index (χ0v) is 12.2. The van der Waals surface area contributed by atoms with Crippen LogP contribution in [0.2, 0.25) is 0 Å². The van der Waals surface area contributed by atoms with Crippen molar-refractivity contribution in [2.24, 2.45) is 0 Å². The molecular weight excluding hydrogens is 280 g/mol. The van der Waals surface area contributed by atoms with Gasteiger partial charge in [-0.3, -0.25) is 9.48 Å². The Bertz CT molecular complexity index is 762. The molecule has 3 rings (SSSR count). The van der Waals surface area contributed by atoms with Crippen molar-refractivity contribution in [1.82, 2.24) is 20.3 Å². The monoisotopic (exact) mass is 296 g/mol. The fourth-order valence-electron chi connectivity index (χ4n) is 2.17. The number of carbonyl (C=O) groups is 1. The number of nitrogens with one attached hydrogen (secondary N) is 1. The van der Waals surface area contributed by atoms with Crippen LogP contribution in [0.5, 0.6) is 0 Å². The van der Waals surface area contributed by atoms with Crippen LogP contribution in [0.15, 0.2) is 53.3 Å². The maximum Gasteiger partial charge on any atom is 0.273 e. The van der Waals surface area contributed by atoms with Gasteiger partial charge in [0.25, 0.3) is 5.91 Å². The van der Waals surface area contributed by atoms with Crippen LogP contribution in [0, 0.1) is 6.92 Å². The predicted molar refractivity (Wildman–Crippen MR) is 81.2 cm³/mol. The molecule has 1 aromatic carbocycles. The van der Waals surface area contributed by atoms with Crippen LogP contribution in [-0.2, 0) is 6.54 Å². The highest BCUT2D eigenvalue weighted by atomic mass is 16.5. The topological polar surface area (TPSA) is 73.0 Å². The number of hydrogen-bond donors (Lipinski definition) is 1. The van der Waals surface area contributed by atoms with E-state index in [4.69, 9.17) is 4.52 Å². The minimum absolute atomic E-state index is 0.254. The average Bonchev–Trinajstić information content (AvgIpc) is 3.19. The van der Waals surface area contributed by atoms with Gasteiger partial charge < -0.3 is 9.84 Å². The van der Waals surface area contributed by atoms with Gasteiger partial charge in [0, 0.05) is 30.6 Å². The Morgan fingerprint density at radius 1 is 1.32 bits per heavy atom. The smallest absolute Gasteiger partial charge is 0.273 e. The lowest BCUT2D eigenvalue weighted by molar-refractivity contribution is 0.0943. The predicted octanol–water partition coefficient (Wildman–Crippen LogP) is 2.28. The van der Waals surface area contributed by atoms with Crippen molar-refractivity contribution < 1.29 is 9.32 Å². The lowest BCUT2D eigenvalue weighted by Gasteiger charge is -2.02. The average molecular weight is 296 g/mol. The number of amides is 1. The number of hydrogen-bond acceptors (Lipinski definition) is 4. The van der Waals surface area contributed by atoms with Gasteiger partial charge in [-0.1, -0.05) is 29.4 Å². The molecule has 0 fully saturated rings. The minimum Gasteiger partial charge on any atom is -0.355 e. The van der Waals surface area contributed by atoms with E-state index in [0.29, 0.717) is 18.8 Å². The van der Waals surface area contributed by atoms with E-state index in [9.17, 15) is 4.79 Å². The first kappa shape index (κ1) is 14.1. The maximum atomic E-state index is 12.0. The summed E-state index contributed by atoms with van der Waals surface area (Å²) in [6.45, 7) is 3.08. The first-order valence-electron chi connectivity index (χ1n) is 7.02. The number of aromatic nitrogens is 3. The van der Waals surface area contributed by atoms with Crippen LogP contribution in [0.25, 0.3) is 11.3 Å². The quantitative estimate of drug-likeness (QED) is 0.784. The van der Waals surface area contributed by atoms with Crippen molar-refractivity contribution in [2.75, 3.05) is 6.54 Å². The molecule has 3 aromatic rings. The third kappa shape index (κ3) is 3.06. The first-order valence-corrected chi connectivity index (χ1v) is 7.02. The van der Waals surface area contributed by atoms with Crippen LogP contribution in [0.1, 0.15) is 16.1 Å². The zero-order valence-electron chi connectivity index (χ0n) is 12.2. The van der Waals surface area contributed by atoms with Gasteiger partial charge in [0.15, 0.2) is 11.5 Å². The van der Waals surface area contributed by atoms with Gasteiger partial charge in [0.1, 0.15) is 0 Å². The van der Waals surface area contributed by atoms with Gasteiger partial charge in [-0.2, -0.15) is 5.10 Å². The van der Waals surface area contributed by atoms with Crippen LogP contribution in [0.3, 0.4) is 0 Å². The van der Waals surface area contributed by atoms with Gasteiger partial charge in [0.2, 0.25) is 0 Å². The molecule has 6 heteroatoms. The third-order valence-corrected chi connectivity index (χ3v) is 3.34. The van der Waals surface area contributed by atoms with Crippen molar-refractivity contribution in [3.05, 3.63) is 60.0 Å². The number of nitrogens with zero attached hydrogens (tertiary/aromatic N) is 3. The van der Waals surface area contributed by atoms with Crippen molar-refractivity contribution in [1.29, 1.82) is 0 Å². The standard InChI is InChI=1S/C16H16N4O2/c1-12-5-2-3-6-13(12)15-11-14(19-22-15)16(21)17-8-10-20-9-4-7-18-20/h2-7,9,11H,8,10H2,1H3,(H,17,21). The van der Waals surface area contributed by atoms with E-state index in [1.165, 1.54) is 0 Å². The Morgan fingerprint density at radius 3 is 2.95 bits per heavy atom. The molecule has 2 aromatic heterocycles. The molecule has 0 spiro atoms. The van der Waals surface area contributed by atoms with E-state index in [1.807, 2.05) is 43.5 Å². The molecule has 0 aliphatic rings. The summed E-state index contributed by atoms with van der Waals surface area (Å²) in [5.74, 6) is 0.339. The zero-order chi connectivity index (χ0) is 15.4. The van der Waals surface area contributed by atoms with Crippen LogP contribution in [0.4, 0.5) is 0 Å². The van der Waals surface area contributed by atoms with Crippen LogP contribution >= 0.6 is 0 Å². The highest BCUT2D eigenvalue weighted by Crippen LogP contribution is 2.23. The van der Waals surface area contributed by atoms with E-state index < -0.39 is 0 Å². The summed E-state index contributed by atoms with van der Waals surface area (Å²) in [7, 11) is 0. The molecule has 2 heterocycles. The van der Waals surface area contributed by atoms with Gasteiger partial charge in [0.05, 0.1) is 6.54 Å². The van der Waals surface area contributed by atoms with Crippen molar-refractivity contribution in [3.8, 4) is 11.3 Å². The van der Waals surface area contributed by atoms with Gasteiger partial charge in [-0.15, -0.1) is 0 Å². The molecule has 6 nitrogen and oxygen atoms in total. The first-order chi connectivity index (χ1) is 10.7. The molecule has 0 bridgehead atoms. The molecule has 0 radical (unpaired) electrons. The summed E-state index contributed by atoms with van der Waals surface area (Å²) in [6, 6.07) is 11.3. The minimum atomic E-state index is -0.254. The molecule has 1 amide bonds. The number of aryl methyl sites for hydroxylation is 1. The maximum absolute atomic E-state index is 12.0. The molecule has 1 N–H and O–H groups in total. The number of benzene rings is 1. The highest BCUT2D eigenvalue weighted by molar-refractivity contribution is 5.93. The second kappa shape index (κ2) is 6.26. The fourth-order valence-corrected chi connectivity index (χ4v) is 2.17. The molecule has 0 unspecified atom stereocenters. The molecule has 22 heavy (non-hydrogen) atoms. The Hall–Kier alpha value is -2.89. The summed E-state index contributed by atoms with van der Waals surface area (Å²) >= 11 is 0. The Balaban J connectivity index is 1.63. The number of rotatable bonds is 5. The van der Waals surface area contributed by atoms with Crippen LogP contribution in [-0.4, -0.2) is 27.4 Å². The summed E-state index contributed by atoms with van der Waals surface area (Å²) in [5.41, 5.74) is 2.29. The summed E-state index contributed by atoms with van der Waals surface area (Å²) < 4.78 is 7.03. The molecule has 0 saturated carbocycles. The SMILES string of the molecule is Cc1ccccc1-c1cc(C(=O)NCCn2cccn2)no1. The molecule has 0 atom stereocenters. The largest absolute Gasteiger partial charge is 0.355 e. The van der Waals surface area contributed by atoms with E-state index in [-0.39, 0.29) is 11.6 Å². The summed E-state index contributed by atoms with van der Waals surface area (Å²) in [5, 5.41) is 10.7. The molecule has 0 aliphatic heterocycles. The lowest BCUT2D eigenvalue weighted by atomic mass is 10.1. The summed E-state index contributed by atoms with van der Waals surface area (Å²) in [4.78, 5) is 12.0. The van der Waals surface area contributed by atoms with Gasteiger partial charge in [-0.25, -0.2) is 0 Å². The molecular formula is C16H16N4O2. The Morgan fingerprint density at radius 2 is 2.18 bits per heavy atom. The van der Waals surface area contributed by atoms with E-state index >= 15 is 0 Å². The fraction of sp³-hybridized carbons (Fsp3) is 0.188. The molecule has 0 aliphatic carbocycles.